The number of rotatable bonds is 10. The summed E-state index contributed by atoms with van der Waals surface area (Å²) in [5.74, 6) is -0.318. The van der Waals surface area contributed by atoms with Crippen LogP contribution in [0, 0.1) is 5.92 Å². The summed E-state index contributed by atoms with van der Waals surface area (Å²) in [5.41, 5.74) is 0. The molecule has 1 saturated carbocycles. The van der Waals surface area contributed by atoms with Crippen LogP contribution in [0.25, 0.3) is 0 Å². The van der Waals surface area contributed by atoms with Gasteiger partial charge in [-0.05, 0) is 25.7 Å². The third-order valence-corrected chi connectivity index (χ3v) is 3.93. The molecule has 0 bridgehead atoms. The fraction of sp³-hybridized carbons (Fsp3) is 0.765. The Hall–Kier alpha value is -1.40. The third-order valence-electron chi connectivity index (χ3n) is 3.93. The minimum atomic E-state index is -0.711. The van der Waals surface area contributed by atoms with Crippen molar-refractivity contribution in [2.75, 3.05) is 26.4 Å². The van der Waals surface area contributed by atoms with Gasteiger partial charge in [0.2, 0.25) is 0 Å². The summed E-state index contributed by atoms with van der Waals surface area (Å²) in [4.78, 5) is 23.1. The predicted octanol–water partition coefficient (Wildman–Crippen LogP) is 1.83. The number of esters is 1. The highest BCUT2D eigenvalue weighted by Crippen LogP contribution is 2.25. The predicted molar refractivity (Wildman–Crippen MR) is 87.0 cm³/mol. The second kappa shape index (κ2) is 11.2. The van der Waals surface area contributed by atoms with Crippen molar-refractivity contribution in [3.63, 3.8) is 0 Å². The van der Waals surface area contributed by atoms with E-state index in [0.717, 1.165) is 6.42 Å². The van der Waals surface area contributed by atoms with Crippen LogP contribution >= 0.6 is 0 Å². The van der Waals surface area contributed by atoms with Crippen molar-refractivity contribution >= 4 is 11.9 Å². The van der Waals surface area contributed by atoms with Gasteiger partial charge in [-0.3, -0.25) is 4.79 Å². The molecule has 3 atom stereocenters. The van der Waals surface area contributed by atoms with Crippen molar-refractivity contribution in [1.82, 2.24) is 5.32 Å². The van der Waals surface area contributed by atoms with E-state index < -0.39 is 12.1 Å². The zero-order valence-corrected chi connectivity index (χ0v) is 14.2. The fourth-order valence-electron chi connectivity index (χ4n) is 2.52. The van der Waals surface area contributed by atoms with Gasteiger partial charge in [0.05, 0.1) is 19.3 Å². The molecule has 1 N–H and O–H groups in total. The van der Waals surface area contributed by atoms with Crippen LogP contribution in [0.3, 0.4) is 0 Å². The number of hydrogen-bond donors (Lipinski definition) is 1. The molecule has 1 rings (SSSR count). The zero-order chi connectivity index (χ0) is 17.1. The van der Waals surface area contributed by atoms with Crippen LogP contribution in [0.15, 0.2) is 12.7 Å². The third kappa shape index (κ3) is 8.13. The maximum atomic E-state index is 11.6. The summed E-state index contributed by atoms with van der Waals surface area (Å²) in [6, 6.07) is 0. The van der Waals surface area contributed by atoms with Crippen LogP contribution in [0.5, 0.6) is 0 Å². The molecule has 1 amide bonds. The smallest absolute Gasteiger partial charge is 0.335 e. The van der Waals surface area contributed by atoms with Gasteiger partial charge in [-0.2, -0.15) is 0 Å². The molecule has 1 fully saturated rings. The SMILES string of the molecule is C=CCOC(C)C(=O)OCC(=O)NCCOC1CCCCC1C. The minimum absolute atomic E-state index is 0.263. The molecule has 132 valence electrons. The van der Waals surface area contributed by atoms with Crippen LogP contribution in [-0.2, 0) is 23.8 Å². The number of carbonyl (C=O) groups excluding carboxylic acids is 2. The topological polar surface area (TPSA) is 73.9 Å². The van der Waals surface area contributed by atoms with Crippen molar-refractivity contribution < 1.29 is 23.8 Å². The van der Waals surface area contributed by atoms with Gasteiger partial charge in [-0.15, -0.1) is 6.58 Å². The number of nitrogens with one attached hydrogen (secondary N) is 1. The largest absolute Gasteiger partial charge is 0.454 e. The van der Waals surface area contributed by atoms with Crippen LogP contribution in [-0.4, -0.2) is 50.4 Å². The molecular weight excluding hydrogens is 298 g/mol. The summed E-state index contributed by atoms with van der Waals surface area (Å²) < 4.78 is 15.8. The maximum Gasteiger partial charge on any atom is 0.335 e. The maximum absolute atomic E-state index is 11.6. The molecule has 0 aromatic carbocycles. The highest BCUT2D eigenvalue weighted by Gasteiger charge is 2.21. The molecule has 0 aliphatic heterocycles. The van der Waals surface area contributed by atoms with Gasteiger partial charge in [0.1, 0.15) is 0 Å². The molecule has 23 heavy (non-hydrogen) atoms. The summed E-state index contributed by atoms with van der Waals surface area (Å²) >= 11 is 0. The van der Waals surface area contributed by atoms with Crippen molar-refractivity contribution in [3.8, 4) is 0 Å². The van der Waals surface area contributed by atoms with E-state index in [-0.39, 0.29) is 19.1 Å². The van der Waals surface area contributed by atoms with E-state index in [4.69, 9.17) is 14.2 Å². The van der Waals surface area contributed by atoms with Gasteiger partial charge in [0.25, 0.3) is 5.91 Å². The lowest BCUT2D eigenvalue weighted by atomic mass is 9.88. The monoisotopic (exact) mass is 327 g/mol. The van der Waals surface area contributed by atoms with E-state index >= 15 is 0 Å². The summed E-state index contributed by atoms with van der Waals surface area (Å²) in [6.45, 7) is 8.13. The first-order valence-electron chi connectivity index (χ1n) is 8.32. The van der Waals surface area contributed by atoms with Gasteiger partial charge in [0.15, 0.2) is 12.7 Å². The Balaban J connectivity index is 2.07. The van der Waals surface area contributed by atoms with Crippen molar-refractivity contribution in [2.45, 2.75) is 51.7 Å². The Labute approximate surface area is 138 Å². The summed E-state index contributed by atoms with van der Waals surface area (Å²) in [6.07, 6.45) is 5.91. The molecule has 0 radical (unpaired) electrons. The molecule has 0 aromatic heterocycles. The van der Waals surface area contributed by atoms with Gasteiger partial charge in [-0.1, -0.05) is 25.8 Å². The van der Waals surface area contributed by atoms with Crippen molar-refractivity contribution in [2.24, 2.45) is 5.92 Å². The average molecular weight is 327 g/mol. The van der Waals surface area contributed by atoms with Gasteiger partial charge < -0.3 is 19.5 Å². The Morgan fingerprint density at radius 2 is 2.09 bits per heavy atom. The van der Waals surface area contributed by atoms with E-state index in [2.05, 4.69) is 18.8 Å². The van der Waals surface area contributed by atoms with E-state index in [0.29, 0.717) is 25.2 Å². The lowest BCUT2D eigenvalue weighted by Crippen LogP contribution is -2.35. The molecule has 6 nitrogen and oxygen atoms in total. The fourth-order valence-corrected chi connectivity index (χ4v) is 2.52. The minimum Gasteiger partial charge on any atom is -0.454 e. The molecular formula is C17H29NO5. The van der Waals surface area contributed by atoms with Crippen molar-refractivity contribution in [1.29, 1.82) is 0 Å². The van der Waals surface area contributed by atoms with Gasteiger partial charge >= 0.3 is 5.97 Å². The number of amides is 1. The second-order valence-electron chi connectivity index (χ2n) is 5.89. The standard InChI is InChI=1S/C17H29NO5/c1-4-10-21-14(3)17(20)23-12-16(19)18-9-11-22-15-8-6-5-7-13(15)2/h4,13-15H,1,5-12H2,2-3H3,(H,18,19). The second-order valence-corrected chi connectivity index (χ2v) is 5.89. The van der Waals surface area contributed by atoms with Gasteiger partial charge in [0, 0.05) is 6.54 Å². The normalized spacial score (nSPS) is 22.2. The van der Waals surface area contributed by atoms with E-state index in [1.165, 1.54) is 19.3 Å². The molecule has 1 aliphatic carbocycles. The molecule has 3 unspecified atom stereocenters. The number of ether oxygens (including phenoxy) is 3. The lowest BCUT2D eigenvalue weighted by Gasteiger charge is -2.28. The molecule has 0 spiro atoms. The van der Waals surface area contributed by atoms with Gasteiger partial charge in [-0.25, -0.2) is 4.79 Å². The molecule has 1 aliphatic rings. The van der Waals surface area contributed by atoms with Crippen molar-refractivity contribution in [3.05, 3.63) is 12.7 Å². The molecule has 6 heteroatoms. The Morgan fingerprint density at radius 1 is 1.35 bits per heavy atom. The van der Waals surface area contributed by atoms with E-state index in [1.807, 2.05) is 0 Å². The number of carbonyl (C=O) groups is 2. The zero-order valence-electron chi connectivity index (χ0n) is 14.2. The molecule has 0 saturated heterocycles. The highest BCUT2D eigenvalue weighted by atomic mass is 16.6. The number of hydrogen-bond acceptors (Lipinski definition) is 5. The first-order chi connectivity index (χ1) is 11.0. The van der Waals surface area contributed by atoms with E-state index in [1.54, 1.807) is 13.0 Å². The van der Waals surface area contributed by atoms with Crippen LogP contribution < -0.4 is 5.32 Å². The first-order valence-corrected chi connectivity index (χ1v) is 8.32. The quantitative estimate of drug-likeness (QED) is 0.376. The van der Waals surface area contributed by atoms with Crippen LogP contribution in [0.2, 0.25) is 0 Å². The summed E-state index contributed by atoms with van der Waals surface area (Å²) in [7, 11) is 0. The average Bonchev–Trinajstić information content (AvgIpc) is 2.55. The first kappa shape index (κ1) is 19.6. The summed E-state index contributed by atoms with van der Waals surface area (Å²) in [5, 5.41) is 2.68. The van der Waals surface area contributed by atoms with Crippen LogP contribution in [0.1, 0.15) is 39.5 Å². The highest BCUT2D eigenvalue weighted by molar-refractivity contribution is 5.81. The Bertz CT molecular complexity index is 385. The van der Waals surface area contributed by atoms with E-state index in [9.17, 15) is 9.59 Å². The Morgan fingerprint density at radius 3 is 2.78 bits per heavy atom. The lowest BCUT2D eigenvalue weighted by molar-refractivity contribution is -0.158. The Kier molecular flexibility index (Phi) is 9.55. The van der Waals surface area contributed by atoms with Crippen LogP contribution in [0.4, 0.5) is 0 Å². The molecule has 0 aromatic rings. The molecule has 0 heterocycles.